The Balaban J connectivity index is 2.75. The van der Waals surface area contributed by atoms with Crippen LogP contribution in [0.4, 0.5) is 0 Å². The number of nitrogens with zero attached hydrogens (tertiary/aromatic N) is 2. The van der Waals surface area contributed by atoms with E-state index in [4.69, 9.17) is 11.5 Å². The molecule has 0 aliphatic heterocycles. The van der Waals surface area contributed by atoms with Gasteiger partial charge in [0.05, 0.1) is 0 Å². The van der Waals surface area contributed by atoms with Crippen LogP contribution in [0, 0.1) is 0 Å². The van der Waals surface area contributed by atoms with Crippen molar-refractivity contribution in [3.63, 3.8) is 0 Å². The third-order valence-electron chi connectivity index (χ3n) is 2.10. The first-order valence-corrected chi connectivity index (χ1v) is 5.74. The maximum atomic E-state index is 11.2. The van der Waals surface area contributed by atoms with Crippen LogP contribution in [0.3, 0.4) is 0 Å². The van der Waals surface area contributed by atoms with E-state index in [1.54, 1.807) is 6.92 Å². The van der Waals surface area contributed by atoms with Crippen LogP contribution < -0.4 is 17.2 Å². The Morgan fingerprint density at radius 3 is 2.81 bits per heavy atom. The zero-order valence-electron chi connectivity index (χ0n) is 9.19. The molecule has 1 amide bonds. The maximum Gasteiger partial charge on any atom is 0.343 e. The third-order valence-corrected chi connectivity index (χ3v) is 3.42. The van der Waals surface area contributed by atoms with E-state index in [2.05, 4.69) is 10.2 Å². The van der Waals surface area contributed by atoms with E-state index >= 15 is 0 Å². The quantitative estimate of drug-likeness (QED) is 0.568. The highest BCUT2D eigenvalue weighted by molar-refractivity contribution is 7.99. The van der Waals surface area contributed by atoms with Gasteiger partial charge in [0.25, 0.3) is 0 Å². The van der Waals surface area contributed by atoms with Crippen LogP contribution in [0.1, 0.15) is 13.8 Å². The number of rotatable bonds is 5. The zero-order valence-corrected chi connectivity index (χ0v) is 10.0. The molecule has 0 saturated carbocycles. The van der Waals surface area contributed by atoms with Gasteiger partial charge in [-0.3, -0.25) is 9.36 Å². The van der Waals surface area contributed by atoms with Crippen LogP contribution in [-0.4, -0.2) is 32.0 Å². The van der Waals surface area contributed by atoms with Crippen molar-refractivity contribution >= 4 is 17.7 Å². The number of primary amides is 1. The van der Waals surface area contributed by atoms with Gasteiger partial charge in [-0.2, -0.15) is 0 Å². The number of hydrogen-bond donors (Lipinski definition) is 3. The maximum absolute atomic E-state index is 11.2. The number of nitrogens with two attached hydrogens (primary N) is 2. The minimum atomic E-state index is -1.11. The molecule has 1 aromatic rings. The Bertz CT molecular complexity index is 436. The topological polar surface area (TPSA) is 120 Å². The Hall–Kier alpha value is -1.28. The van der Waals surface area contributed by atoms with Gasteiger partial charge in [0.2, 0.25) is 5.91 Å². The van der Waals surface area contributed by atoms with E-state index < -0.39 is 11.4 Å². The average Bonchev–Trinajstić information content (AvgIpc) is 2.56. The Labute approximate surface area is 96.6 Å². The van der Waals surface area contributed by atoms with Crippen LogP contribution in [0.2, 0.25) is 0 Å². The molecular formula is C8H15N5O2S. The summed E-state index contributed by atoms with van der Waals surface area (Å²) in [5.74, 6) is -0.312. The number of H-pyrrole nitrogens is 1. The molecule has 16 heavy (non-hydrogen) atoms. The molecule has 1 atom stereocenters. The minimum absolute atomic E-state index is 0.270. The molecule has 0 fully saturated rings. The van der Waals surface area contributed by atoms with Crippen LogP contribution in [0.15, 0.2) is 9.95 Å². The number of nitrogens with one attached hydrogen (secondary N) is 1. The monoisotopic (exact) mass is 245 g/mol. The van der Waals surface area contributed by atoms with Gasteiger partial charge in [0.15, 0.2) is 5.16 Å². The van der Waals surface area contributed by atoms with E-state index in [0.717, 1.165) is 0 Å². The normalized spacial score (nSPS) is 14.7. The van der Waals surface area contributed by atoms with Crippen molar-refractivity contribution in [2.24, 2.45) is 11.5 Å². The number of aromatic nitrogens is 3. The zero-order chi connectivity index (χ0) is 12.3. The molecule has 90 valence electrons. The smallest absolute Gasteiger partial charge is 0.343 e. The summed E-state index contributed by atoms with van der Waals surface area (Å²) in [6.45, 7) is 3.88. The van der Waals surface area contributed by atoms with Crippen molar-refractivity contribution < 1.29 is 4.79 Å². The minimum Gasteiger partial charge on any atom is -0.368 e. The summed E-state index contributed by atoms with van der Waals surface area (Å²) in [5, 5.41) is 6.67. The number of hydrogen-bond acceptors (Lipinski definition) is 5. The van der Waals surface area contributed by atoms with Crippen molar-refractivity contribution in [2.45, 2.75) is 31.1 Å². The summed E-state index contributed by atoms with van der Waals surface area (Å²) >= 11 is 1.22. The molecule has 0 spiro atoms. The first-order chi connectivity index (χ1) is 7.38. The van der Waals surface area contributed by atoms with Crippen LogP contribution in [-0.2, 0) is 11.3 Å². The molecule has 0 aliphatic carbocycles. The van der Waals surface area contributed by atoms with Gasteiger partial charge >= 0.3 is 5.69 Å². The molecule has 5 N–H and O–H groups in total. The summed E-state index contributed by atoms with van der Waals surface area (Å²) < 4.78 is 1.46. The first kappa shape index (κ1) is 12.8. The molecule has 0 saturated heterocycles. The van der Waals surface area contributed by atoms with E-state index in [-0.39, 0.29) is 11.4 Å². The van der Waals surface area contributed by atoms with Gasteiger partial charge in [-0.1, -0.05) is 11.8 Å². The predicted octanol–water partition coefficient (Wildman–Crippen LogP) is -1.11. The second kappa shape index (κ2) is 4.71. The summed E-state index contributed by atoms with van der Waals surface area (Å²) in [5.41, 5.74) is 9.43. The Morgan fingerprint density at radius 1 is 1.69 bits per heavy atom. The fourth-order valence-corrected chi connectivity index (χ4v) is 2.03. The highest BCUT2D eigenvalue weighted by atomic mass is 32.2. The molecule has 7 nitrogen and oxygen atoms in total. The fraction of sp³-hybridized carbons (Fsp3) is 0.625. The van der Waals surface area contributed by atoms with Crippen molar-refractivity contribution in [1.29, 1.82) is 0 Å². The number of carbonyl (C=O) groups is 1. The number of amides is 1. The van der Waals surface area contributed by atoms with Crippen molar-refractivity contribution in [3.8, 4) is 0 Å². The lowest BCUT2D eigenvalue weighted by molar-refractivity contribution is -0.121. The second-order valence-electron chi connectivity index (χ2n) is 3.63. The van der Waals surface area contributed by atoms with Crippen LogP contribution >= 0.6 is 11.8 Å². The van der Waals surface area contributed by atoms with Crippen molar-refractivity contribution in [1.82, 2.24) is 14.8 Å². The molecule has 0 radical (unpaired) electrons. The van der Waals surface area contributed by atoms with Gasteiger partial charge in [-0.05, 0) is 13.8 Å². The molecule has 1 rings (SSSR count). The third kappa shape index (κ3) is 2.64. The summed E-state index contributed by atoms with van der Waals surface area (Å²) in [4.78, 5) is 22.2. The lowest BCUT2D eigenvalue weighted by Gasteiger charge is -2.19. The van der Waals surface area contributed by atoms with Crippen LogP contribution in [0.5, 0.6) is 0 Å². The molecule has 0 bridgehead atoms. The Kier molecular flexibility index (Phi) is 3.76. The van der Waals surface area contributed by atoms with Gasteiger partial charge in [0, 0.05) is 12.3 Å². The van der Waals surface area contributed by atoms with Crippen LogP contribution in [0.25, 0.3) is 0 Å². The van der Waals surface area contributed by atoms with E-state index in [9.17, 15) is 9.59 Å². The Morgan fingerprint density at radius 2 is 2.31 bits per heavy atom. The summed E-state index contributed by atoms with van der Waals surface area (Å²) in [7, 11) is 0. The average molecular weight is 245 g/mol. The number of aromatic amines is 1. The van der Waals surface area contributed by atoms with E-state index in [0.29, 0.717) is 11.7 Å². The highest BCUT2D eigenvalue weighted by Crippen LogP contribution is 2.17. The van der Waals surface area contributed by atoms with Gasteiger partial charge in [-0.25, -0.2) is 9.89 Å². The highest BCUT2D eigenvalue weighted by Gasteiger charge is 2.26. The lowest BCUT2D eigenvalue weighted by Crippen LogP contribution is -2.51. The number of carbonyl (C=O) groups excluding carboxylic acids is 1. The second-order valence-corrected chi connectivity index (χ2v) is 4.57. The van der Waals surface area contributed by atoms with E-state index in [1.807, 2.05) is 6.92 Å². The lowest BCUT2D eigenvalue weighted by atomic mass is 10.1. The SMILES string of the molecule is CCn1c(SCC(C)(N)C(N)=O)n[nH]c1=O. The molecule has 1 heterocycles. The molecule has 1 unspecified atom stereocenters. The van der Waals surface area contributed by atoms with Gasteiger partial charge in [-0.15, -0.1) is 5.10 Å². The van der Waals surface area contributed by atoms with Crippen molar-refractivity contribution in [2.75, 3.05) is 5.75 Å². The summed E-state index contributed by atoms with van der Waals surface area (Å²) in [6.07, 6.45) is 0. The summed E-state index contributed by atoms with van der Waals surface area (Å²) in [6, 6.07) is 0. The van der Waals surface area contributed by atoms with Crippen molar-refractivity contribution in [3.05, 3.63) is 10.5 Å². The largest absolute Gasteiger partial charge is 0.368 e. The number of thioether (sulfide) groups is 1. The molecular weight excluding hydrogens is 230 g/mol. The fourth-order valence-electron chi connectivity index (χ4n) is 0.978. The predicted molar refractivity (Wildman–Crippen MR) is 61.0 cm³/mol. The van der Waals surface area contributed by atoms with E-state index in [1.165, 1.54) is 16.3 Å². The first-order valence-electron chi connectivity index (χ1n) is 4.75. The van der Waals surface area contributed by atoms with Gasteiger partial charge in [0.1, 0.15) is 5.54 Å². The molecule has 0 aromatic carbocycles. The molecule has 1 aromatic heterocycles. The van der Waals surface area contributed by atoms with Gasteiger partial charge < -0.3 is 11.5 Å². The molecule has 8 heteroatoms. The standard InChI is InChI=1S/C8H15N5O2S/c1-3-13-6(15)11-12-7(13)16-4-8(2,10)5(9)14/h3-4,10H2,1-2H3,(H2,9,14)(H,11,15). The molecule has 0 aliphatic rings.